The minimum atomic E-state index is 0.0383. The Bertz CT molecular complexity index is 2370. The van der Waals surface area contributed by atoms with Gasteiger partial charge in [0.1, 0.15) is 0 Å². The van der Waals surface area contributed by atoms with E-state index in [-0.39, 0.29) is 16.2 Å². The van der Waals surface area contributed by atoms with Crippen molar-refractivity contribution in [3.05, 3.63) is 162 Å². The third kappa shape index (κ3) is 4.57. The first-order valence-electron chi connectivity index (χ1n) is 20.7. The van der Waals surface area contributed by atoms with Gasteiger partial charge >= 0.3 is 0 Å². The summed E-state index contributed by atoms with van der Waals surface area (Å²) in [6.07, 6.45) is 8.01. The van der Waals surface area contributed by atoms with E-state index in [1.54, 1.807) is 11.1 Å². The van der Waals surface area contributed by atoms with Gasteiger partial charge in [-0.15, -0.1) is 0 Å². The average Bonchev–Trinajstić information content (AvgIpc) is 3.74. The fraction of sp³-hybridized carbons (Fsp3) is 0.321. The zero-order valence-corrected chi connectivity index (χ0v) is 32.3. The molecule has 6 aliphatic rings. The van der Waals surface area contributed by atoms with Crippen molar-refractivity contribution in [1.29, 1.82) is 0 Å². The summed E-state index contributed by atoms with van der Waals surface area (Å²) in [6.45, 7) is 9.88. The third-order valence-corrected chi connectivity index (χ3v) is 15.1. The van der Waals surface area contributed by atoms with E-state index in [1.807, 2.05) is 0 Å². The molecular weight excluding hydrogens is 651 g/mol. The molecule has 4 bridgehead atoms. The highest BCUT2D eigenvalue weighted by Gasteiger charge is 2.66. The van der Waals surface area contributed by atoms with Gasteiger partial charge in [0.15, 0.2) is 0 Å². The molecule has 5 unspecified atom stereocenters. The summed E-state index contributed by atoms with van der Waals surface area (Å²) in [7, 11) is 0. The van der Waals surface area contributed by atoms with Crippen LogP contribution in [-0.4, -0.2) is 0 Å². The van der Waals surface area contributed by atoms with Gasteiger partial charge < -0.3 is 4.90 Å². The topological polar surface area (TPSA) is 3.24 Å². The Balaban J connectivity index is 1.20. The van der Waals surface area contributed by atoms with E-state index in [4.69, 9.17) is 0 Å². The summed E-state index contributed by atoms with van der Waals surface area (Å²) in [5.41, 5.74) is 18.3. The van der Waals surface area contributed by atoms with Crippen molar-refractivity contribution >= 4 is 17.1 Å². The smallest absolute Gasteiger partial charge is 0.0502 e. The molecule has 5 atom stereocenters. The fourth-order valence-electron chi connectivity index (χ4n) is 12.7. The number of nitrogens with zero attached hydrogens (tertiary/aromatic N) is 1. The minimum Gasteiger partial charge on any atom is -0.310 e. The molecule has 0 saturated heterocycles. The Morgan fingerprint density at radius 3 is 1.85 bits per heavy atom. The molecule has 6 aromatic rings. The van der Waals surface area contributed by atoms with E-state index in [0.717, 1.165) is 23.7 Å². The summed E-state index contributed by atoms with van der Waals surface area (Å²) in [5, 5.41) is 0. The van der Waals surface area contributed by atoms with Gasteiger partial charge in [0.2, 0.25) is 0 Å². The standard InChI is InChI=1S/C53H51N/c1-51(2)24-25-52(3,4)50-46(51)20-13-21-49(50)54(42-31-37(35-14-7-5-8-15-35)29-38(32-42)36-16-9-6-10-17-36)41-22-23-44-43-18-11-12-19-45(43)53(48(44)33-41)40-27-34-26-39(30-40)47(53)28-34/h5-23,29,31-34,39-40,47H,24-28,30H2,1-4H3. The Hall–Kier alpha value is -4.88. The molecule has 1 heteroatoms. The lowest BCUT2D eigenvalue weighted by atomic mass is 9.59. The van der Waals surface area contributed by atoms with Crippen LogP contribution in [0.15, 0.2) is 140 Å². The molecule has 268 valence electrons. The molecule has 0 heterocycles. The molecule has 0 radical (unpaired) electrons. The van der Waals surface area contributed by atoms with Gasteiger partial charge in [-0.05, 0) is 165 Å². The summed E-state index contributed by atoms with van der Waals surface area (Å²) < 4.78 is 0. The Morgan fingerprint density at radius 2 is 1.13 bits per heavy atom. The number of anilines is 3. The number of hydrogen-bond acceptors (Lipinski definition) is 1. The van der Waals surface area contributed by atoms with Crippen molar-refractivity contribution in [3.63, 3.8) is 0 Å². The monoisotopic (exact) mass is 701 g/mol. The first-order valence-corrected chi connectivity index (χ1v) is 20.7. The average molecular weight is 702 g/mol. The summed E-state index contributed by atoms with van der Waals surface area (Å²) in [6, 6.07) is 53.6. The molecule has 0 aliphatic heterocycles. The molecule has 6 aliphatic carbocycles. The predicted octanol–water partition coefficient (Wildman–Crippen LogP) is 14.2. The van der Waals surface area contributed by atoms with Gasteiger partial charge in [-0.3, -0.25) is 0 Å². The van der Waals surface area contributed by atoms with Crippen LogP contribution in [0.3, 0.4) is 0 Å². The minimum absolute atomic E-state index is 0.0383. The molecule has 4 saturated carbocycles. The van der Waals surface area contributed by atoms with E-state index >= 15 is 0 Å². The number of fused-ring (bicyclic) bond motifs is 4. The van der Waals surface area contributed by atoms with Crippen LogP contribution in [0.1, 0.15) is 88.5 Å². The highest BCUT2D eigenvalue weighted by atomic mass is 15.1. The van der Waals surface area contributed by atoms with Gasteiger partial charge in [0.25, 0.3) is 0 Å². The van der Waals surface area contributed by atoms with E-state index < -0.39 is 0 Å². The second-order valence-electron chi connectivity index (χ2n) is 18.8. The second kappa shape index (κ2) is 11.6. The van der Waals surface area contributed by atoms with Crippen molar-refractivity contribution in [2.24, 2.45) is 23.7 Å². The van der Waals surface area contributed by atoms with Crippen LogP contribution in [0.2, 0.25) is 0 Å². The van der Waals surface area contributed by atoms with Crippen molar-refractivity contribution in [2.75, 3.05) is 4.90 Å². The van der Waals surface area contributed by atoms with E-state index in [0.29, 0.717) is 0 Å². The van der Waals surface area contributed by atoms with E-state index in [2.05, 4.69) is 172 Å². The molecule has 12 rings (SSSR count). The second-order valence-corrected chi connectivity index (χ2v) is 18.8. The zero-order chi connectivity index (χ0) is 36.4. The maximum atomic E-state index is 2.68. The molecule has 4 fully saturated rings. The summed E-state index contributed by atoms with van der Waals surface area (Å²) in [5.74, 6) is 3.29. The van der Waals surface area contributed by atoms with Crippen molar-refractivity contribution in [3.8, 4) is 33.4 Å². The Morgan fingerprint density at radius 1 is 0.481 bits per heavy atom. The van der Waals surface area contributed by atoms with Crippen LogP contribution in [0.25, 0.3) is 33.4 Å². The summed E-state index contributed by atoms with van der Waals surface area (Å²) in [4.78, 5) is 2.67. The number of rotatable bonds is 5. The van der Waals surface area contributed by atoms with Crippen LogP contribution in [0.5, 0.6) is 0 Å². The molecule has 0 N–H and O–H groups in total. The van der Waals surface area contributed by atoms with Crippen LogP contribution >= 0.6 is 0 Å². The zero-order valence-electron chi connectivity index (χ0n) is 32.3. The lowest BCUT2D eigenvalue weighted by Crippen LogP contribution is -2.40. The molecular formula is C53H51N. The van der Waals surface area contributed by atoms with Gasteiger partial charge in [-0.25, -0.2) is 0 Å². The van der Waals surface area contributed by atoms with Crippen molar-refractivity contribution in [2.45, 2.75) is 82.5 Å². The SMILES string of the molecule is CC1(C)CCC(C)(C)c2c(N(c3cc(-c4ccccc4)cc(-c4ccccc4)c3)c3ccc4c(c3)C3(c5ccccc5-4)C4CC5CC(C4)C3C5)cccc21. The molecule has 54 heavy (non-hydrogen) atoms. The van der Waals surface area contributed by atoms with Crippen LogP contribution in [-0.2, 0) is 16.2 Å². The first kappa shape index (κ1) is 32.5. The van der Waals surface area contributed by atoms with E-state index in [1.165, 1.54) is 100 Å². The number of benzene rings is 6. The van der Waals surface area contributed by atoms with E-state index in [9.17, 15) is 0 Å². The van der Waals surface area contributed by atoms with Gasteiger partial charge in [-0.1, -0.05) is 131 Å². The first-order chi connectivity index (χ1) is 26.2. The largest absolute Gasteiger partial charge is 0.310 e. The molecule has 0 amide bonds. The van der Waals surface area contributed by atoms with Crippen molar-refractivity contribution < 1.29 is 0 Å². The highest BCUT2D eigenvalue weighted by molar-refractivity contribution is 5.90. The Labute approximate surface area is 322 Å². The maximum Gasteiger partial charge on any atom is 0.0502 e. The lowest BCUT2D eigenvalue weighted by molar-refractivity contribution is 0.191. The molecule has 6 aromatic carbocycles. The highest BCUT2D eigenvalue weighted by Crippen LogP contribution is 2.73. The quantitative estimate of drug-likeness (QED) is 0.173. The van der Waals surface area contributed by atoms with Gasteiger partial charge in [-0.2, -0.15) is 0 Å². The van der Waals surface area contributed by atoms with Crippen LogP contribution in [0, 0.1) is 23.7 Å². The maximum absolute atomic E-state index is 2.68. The lowest BCUT2D eigenvalue weighted by Gasteiger charge is -2.45. The third-order valence-electron chi connectivity index (χ3n) is 15.1. The molecule has 1 spiro atoms. The molecule has 0 aromatic heterocycles. The van der Waals surface area contributed by atoms with Gasteiger partial charge in [0.05, 0.1) is 5.69 Å². The fourth-order valence-corrected chi connectivity index (χ4v) is 12.7. The predicted molar refractivity (Wildman–Crippen MR) is 226 cm³/mol. The Kier molecular flexibility index (Phi) is 6.97. The number of hydrogen-bond donors (Lipinski definition) is 0. The van der Waals surface area contributed by atoms with Gasteiger partial charge in [0, 0.05) is 16.8 Å². The summed E-state index contributed by atoms with van der Waals surface area (Å²) >= 11 is 0. The molecule has 1 nitrogen and oxygen atoms in total. The van der Waals surface area contributed by atoms with Crippen LogP contribution in [0.4, 0.5) is 17.1 Å². The normalized spacial score (nSPS) is 26.1. The van der Waals surface area contributed by atoms with Crippen LogP contribution < -0.4 is 4.90 Å². The van der Waals surface area contributed by atoms with Crippen molar-refractivity contribution in [1.82, 2.24) is 0 Å².